The van der Waals surface area contributed by atoms with Crippen LogP contribution in [0.1, 0.15) is 10.4 Å². The molecular weight excluding hydrogens is 328 g/mol. The predicted molar refractivity (Wildman–Crippen MR) is 76.8 cm³/mol. The van der Waals surface area contributed by atoms with Crippen LogP contribution in [0, 0.1) is 5.82 Å². The second-order valence-electron chi connectivity index (χ2n) is 4.92. The molecule has 0 atom stereocenters. The molecule has 1 aromatic carbocycles. The highest BCUT2D eigenvalue weighted by atomic mass is 19.4. The smallest absolute Gasteiger partial charge is 0.343 e. The van der Waals surface area contributed by atoms with E-state index in [9.17, 15) is 22.4 Å². The van der Waals surface area contributed by atoms with Crippen molar-refractivity contribution in [1.29, 1.82) is 0 Å². The Hall–Kier alpha value is -2.97. The molecule has 2 heterocycles. The number of pyridine rings is 1. The lowest BCUT2D eigenvalue weighted by atomic mass is 10.2. The van der Waals surface area contributed by atoms with Gasteiger partial charge in [-0.05, 0) is 24.3 Å². The number of alkyl halides is 3. The van der Waals surface area contributed by atoms with Gasteiger partial charge >= 0.3 is 6.18 Å². The van der Waals surface area contributed by atoms with Gasteiger partial charge in [-0.2, -0.15) is 13.2 Å². The second kappa shape index (κ2) is 5.91. The minimum atomic E-state index is -4.52. The number of nitrogens with zero attached hydrogens (tertiary/aromatic N) is 3. The van der Waals surface area contributed by atoms with Crippen LogP contribution >= 0.6 is 0 Å². The van der Waals surface area contributed by atoms with Crippen molar-refractivity contribution in [2.75, 3.05) is 6.54 Å². The van der Waals surface area contributed by atoms with Gasteiger partial charge in [0, 0.05) is 6.20 Å². The molecule has 3 aromatic rings. The van der Waals surface area contributed by atoms with Gasteiger partial charge in [0.15, 0.2) is 11.5 Å². The average molecular weight is 338 g/mol. The summed E-state index contributed by atoms with van der Waals surface area (Å²) in [6.45, 7) is -1.46. The van der Waals surface area contributed by atoms with Crippen LogP contribution in [-0.2, 0) is 0 Å². The minimum absolute atomic E-state index is 0.0374. The van der Waals surface area contributed by atoms with E-state index in [-0.39, 0.29) is 22.6 Å². The van der Waals surface area contributed by atoms with Crippen LogP contribution in [0.15, 0.2) is 42.6 Å². The van der Waals surface area contributed by atoms with Crippen molar-refractivity contribution in [1.82, 2.24) is 19.9 Å². The number of benzene rings is 1. The van der Waals surface area contributed by atoms with Gasteiger partial charge in [0.2, 0.25) is 0 Å². The minimum Gasteiger partial charge on any atom is -0.343 e. The molecule has 0 bridgehead atoms. The molecule has 0 aliphatic heterocycles. The number of carbonyl (C=O) groups excluding carboxylic acids is 1. The maximum Gasteiger partial charge on any atom is 0.405 e. The number of aromatic nitrogens is 3. The van der Waals surface area contributed by atoms with Crippen LogP contribution in [0.5, 0.6) is 0 Å². The zero-order chi connectivity index (χ0) is 17.3. The number of amides is 1. The van der Waals surface area contributed by atoms with Gasteiger partial charge in [-0.15, -0.1) is 10.2 Å². The third kappa shape index (κ3) is 3.05. The van der Waals surface area contributed by atoms with Crippen molar-refractivity contribution < 1.29 is 22.4 Å². The molecule has 0 aliphatic rings. The quantitative estimate of drug-likeness (QED) is 0.747. The van der Waals surface area contributed by atoms with E-state index in [1.807, 2.05) is 0 Å². The molecule has 1 amide bonds. The van der Waals surface area contributed by atoms with Crippen LogP contribution in [0.25, 0.3) is 17.0 Å². The fourth-order valence-electron chi connectivity index (χ4n) is 2.20. The Morgan fingerprint density at radius 1 is 1.12 bits per heavy atom. The molecule has 0 saturated heterocycles. The molecule has 2 aromatic heterocycles. The van der Waals surface area contributed by atoms with Gasteiger partial charge < -0.3 is 5.32 Å². The maximum absolute atomic E-state index is 13.9. The van der Waals surface area contributed by atoms with E-state index in [1.54, 1.807) is 11.4 Å². The normalized spacial score (nSPS) is 11.7. The number of halogens is 4. The first-order valence-corrected chi connectivity index (χ1v) is 6.80. The van der Waals surface area contributed by atoms with Crippen molar-refractivity contribution in [3.8, 4) is 11.4 Å². The van der Waals surface area contributed by atoms with E-state index < -0.39 is 24.4 Å². The molecular formula is C15H10F4N4O. The zero-order valence-electron chi connectivity index (χ0n) is 12.0. The monoisotopic (exact) mass is 338 g/mol. The summed E-state index contributed by atoms with van der Waals surface area (Å²) in [6, 6.07) is 8.62. The number of nitrogens with one attached hydrogen (secondary N) is 1. The Morgan fingerprint density at radius 2 is 1.88 bits per heavy atom. The maximum atomic E-state index is 13.9. The van der Waals surface area contributed by atoms with Gasteiger partial charge in [0.1, 0.15) is 12.4 Å². The summed E-state index contributed by atoms with van der Waals surface area (Å²) >= 11 is 0. The summed E-state index contributed by atoms with van der Waals surface area (Å²) in [6.07, 6.45) is -3.02. The number of fused-ring (bicyclic) bond motifs is 1. The molecule has 0 spiro atoms. The Morgan fingerprint density at radius 3 is 2.58 bits per heavy atom. The van der Waals surface area contributed by atoms with Crippen molar-refractivity contribution in [3.63, 3.8) is 0 Å². The lowest BCUT2D eigenvalue weighted by Crippen LogP contribution is -2.33. The van der Waals surface area contributed by atoms with Crippen LogP contribution in [0.4, 0.5) is 17.6 Å². The highest BCUT2D eigenvalue weighted by molar-refractivity contribution is 6.00. The number of carbonyl (C=O) groups is 1. The highest BCUT2D eigenvalue weighted by Crippen LogP contribution is 2.22. The molecule has 0 radical (unpaired) electrons. The van der Waals surface area contributed by atoms with Crippen LogP contribution in [0.2, 0.25) is 0 Å². The van der Waals surface area contributed by atoms with E-state index in [0.29, 0.717) is 0 Å². The third-order valence-corrected chi connectivity index (χ3v) is 3.24. The largest absolute Gasteiger partial charge is 0.405 e. The molecule has 124 valence electrons. The molecule has 1 N–H and O–H groups in total. The SMILES string of the molecule is O=C(NCC(F)(F)F)c1cccn2c(-c3ccccc3F)nnc12. The van der Waals surface area contributed by atoms with Gasteiger partial charge in [-0.25, -0.2) is 4.39 Å². The predicted octanol–water partition coefficient (Wildman–Crippen LogP) is 2.83. The molecule has 0 fully saturated rings. The van der Waals surface area contributed by atoms with Gasteiger partial charge in [-0.3, -0.25) is 9.20 Å². The number of hydrogen-bond acceptors (Lipinski definition) is 3. The molecule has 0 aliphatic carbocycles. The van der Waals surface area contributed by atoms with Crippen LogP contribution < -0.4 is 5.32 Å². The molecule has 0 saturated carbocycles. The number of hydrogen-bond donors (Lipinski definition) is 1. The van der Waals surface area contributed by atoms with Crippen molar-refractivity contribution in [2.24, 2.45) is 0 Å². The van der Waals surface area contributed by atoms with Gasteiger partial charge in [-0.1, -0.05) is 12.1 Å². The first kappa shape index (κ1) is 15.9. The average Bonchev–Trinajstić information content (AvgIpc) is 2.96. The third-order valence-electron chi connectivity index (χ3n) is 3.24. The van der Waals surface area contributed by atoms with Crippen LogP contribution in [-0.4, -0.2) is 33.2 Å². The van der Waals surface area contributed by atoms with E-state index in [1.165, 1.54) is 40.9 Å². The highest BCUT2D eigenvalue weighted by Gasteiger charge is 2.28. The van der Waals surface area contributed by atoms with Crippen molar-refractivity contribution in [2.45, 2.75) is 6.18 Å². The standard InChI is InChI=1S/C15H10F4N4O/c16-11-6-2-1-4-9(11)12-21-22-13-10(5-3-7-23(12)13)14(24)20-8-15(17,18)19/h1-7H,8H2,(H,20,24). The first-order chi connectivity index (χ1) is 11.4. The summed E-state index contributed by atoms with van der Waals surface area (Å²) in [4.78, 5) is 12.0. The second-order valence-corrected chi connectivity index (χ2v) is 4.92. The summed E-state index contributed by atoms with van der Waals surface area (Å²) in [5, 5.41) is 9.43. The van der Waals surface area contributed by atoms with Crippen molar-refractivity contribution >= 4 is 11.6 Å². The van der Waals surface area contributed by atoms with E-state index in [4.69, 9.17) is 0 Å². The fourth-order valence-corrected chi connectivity index (χ4v) is 2.20. The summed E-state index contributed by atoms with van der Waals surface area (Å²) < 4.78 is 51.9. The van der Waals surface area contributed by atoms with E-state index in [2.05, 4.69) is 10.2 Å². The van der Waals surface area contributed by atoms with E-state index in [0.717, 1.165) is 0 Å². The lowest BCUT2D eigenvalue weighted by molar-refractivity contribution is -0.123. The Labute approximate surface area is 132 Å². The van der Waals surface area contributed by atoms with Crippen LogP contribution in [0.3, 0.4) is 0 Å². The fraction of sp³-hybridized carbons (Fsp3) is 0.133. The van der Waals surface area contributed by atoms with Gasteiger partial charge in [0.05, 0.1) is 11.1 Å². The van der Waals surface area contributed by atoms with E-state index >= 15 is 0 Å². The lowest BCUT2D eigenvalue weighted by Gasteiger charge is -2.09. The van der Waals surface area contributed by atoms with Gasteiger partial charge in [0.25, 0.3) is 5.91 Å². The first-order valence-electron chi connectivity index (χ1n) is 6.80. The molecule has 9 heteroatoms. The number of rotatable bonds is 3. The topological polar surface area (TPSA) is 59.3 Å². The molecule has 0 unspecified atom stereocenters. The molecule has 5 nitrogen and oxygen atoms in total. The summed E-state index contributed by atoms with van der Waals surface area (Å²) in [7, 11) is 0. The zero-order valence-corrected chi connectivity index (χ0v) is 12.0. The summed E-state index contributed by atoms with van der Waals surface area (Å²) in [5.41, 5.74) is 0.116. The molecule has 24 heavy (non-hydrogen) atoms. The Bertz CT molecular complexity index is 904. The summed E-state index contributed by atoms with van der Waals surface area (Å²) in [5.74, 6) is -1.32. The Kier molecular flexibility index (Phi) is 3.92. The Balaban J connectivity index is 2.01. The molecule has 3 rings (SSSR count). The van der Waals surface area contributed by atoms with Crippen molar-refractivity contribution in [3.05, 3.63) is 54.0 Å².